The summed E-state index contributed by atoms with van der Waals surface area (Å²) in [6, 6.07) is 10.9. The third-order valence-corrected chi connectivity index (χ3v) is 3.83. The Kier molecular flexibility index (Phi) is 3.63. The largest absolute Gasteiger partial charge is 0.398 e. The van der Waals surface area contributed by atoms with Gasteiger partial charge < -0.3 is 11.1 Å². The van der Waals surface area contributed by atoms with E-state index in [1.165, 1.54) is 12.1 Å². The smallest absolute Gasteiger partial charge is 0.228 e. The lowest BCUT2D eigenvalue weighted by Gasteiger charge is -2.12. The van der Waals surface area contributed by atoms with Crippen molar-refractivity contribution in [1.82, 2.24) is 0 Å². The van der Waals surface area contributed by atoms with Gasteiger partial charge in [-0.25, -0.2) is 4.39 Å². The number of nitrogens with one attached hydrogen (secondary N) is 1. The molecule has 0 aliphatic carbocycles. The molecule has 1 aliphatic heterocycles. The van der Waals surface area contributed by atoms with Crippen molar-refractivity contribution < 1.29 is 14.0 Å². The quantitative estimate of drug-likeness (QED) is 0.837. The summed E-state index contributed by atoms with van der Waals surface area (Å²) in [4.78, 5) is 24.7. The molecule has 2 aromatic carbocycles. The number of carbonyl (C=O) groups excluding carboxylic acids is 2. The van der Waals surface area contributed by atoms with Crippen LogP contribution >= 0.6 is 0 Å². The molecule has 0 fully saturated rings. The van der Waals surface area contributed by atoms with Crippen molar-refractivity contribution in [2.24, 2.45) is 5.92 Å². The van der Waals surface area contributed by atoms with Gasteiger partial charge in [0.1, 0.15) is 5.82 Å². The minimum Gasteiger partial charge on any atom is -0.398 e. The number of benzene rings is 2. The third kappa shape index (κ3) is 2.70. The maximum absolute atomic E-state index is 12.9. The van der Waals surface area contributed by atoms with Crippen molar-refractivity contribution in [2.45, 2.75) is 12.8 Å². The Morgan fingerprint density at radius 3 is 2.59 bits per heavy atom. The minimum absolute atomic E-state index is 0.0877. The molecule has 0 aromatic heterocycles. The van der Waals surface area contributed by atoms with Crippen LogP contribution in [-0.2, 0) is 11.2 Å². The van der Waals surface area contributed by atoms with Crippen LogP contribution in [0.25, 0.3) is 0 Å². The zero-order chi connectivity index (χ0) is 15.7. The van der Waals surface area contributed by atoms with E-state index in [2.05, 4.69) is 5.32 Å². The van der Waals surface area contributed by atoms with Crippen LogP contribution in [0.2, 0.25) is 0 Å². The van der Waals surface area contributed by atoms with E-state index in [-0.39, 0.29) is 23.9 Å². The summed E-state index contributed by atoms with van der Waals surface area (Å²) >= 11 is 0. The third-order valence-electron chi connectivity index (χ3n) is 3.83. The molecule has 0 spiro atoms. The highest BCUT2D eigenvalue weighted by molar-refractivity contribution is 6.12. The Bertz CT molecular complexity index is 741. The van der Waals surface area contributed by atoms with Crippen molar-refractivity contribution in [3.8, 4) is 0 Å². The first-order chi connectivity index (χ1) is 10.5. The maximum Gasteiger partial charge on any atom is 0.228 e. The average molecular weight is 298 g/mol. The Balaban J connectivity index is 1.87. The van der Waals surface area contributed by atoms with Gasteiger partial charge in [0.15, 0.2) is 5.78 Å². The lowest BCUT2D eigenvalue weighted by molar-refractivity contribution is -0.119. The highest BCUT2D eigenvalue weighted by atomic mass is 19.1. The van der Waals surface area contributed by atoms with E-state index in [9.17, 15) is 14.0 Å². The molecule has 3 N–H and O–H groups in total. The monoisotopic (exact) mass is 298 g/mol. The van der Waals surface area contributed by atoms with Crippen LogP contribution in [0, 0.1) is 11.7 Å². The van der Waals surface area contributed by atoms with E-state index in [4.69, 9.17) is 5.73 Å². The van der Waals surface area contributed by atoms with Crippen LogP contribution in [0.15, 0.2) is 42.5 Å². The molecule has 0 bridgehead atoms. The van der Waals surface area contributed by atoms with Crippen LogP contribution < -0.4 is 11.1 Å². The van der Waals surface area contributed by atoms with Gasteiger partial charge in [0.05, 0.1) is 11.3 Å². The number of rotatable bonds is 2. The summed E-state index contributed by atoms with van der Waals surface area (Å²) < 4.78 is 12.9. The summed E-state index contributed by atoms with van der Waals surface area (Å²) in [7, 11) is 0. The molecule has 3 rings (SSSR count). The number of nitrogen functional groups attached to an aromatic ring is 1. The number of halogens is 1. The van der Waals surface area contributed by atoms with Gasteiger partial charge in [0, 0.05) is 18.0 Å². The summed E-state index contributed by atoms with van der Waals surface area (Å²) in [6.07, 6.45) is 0.468. The Morgan fingerprint density at radius 2 is 1.86 bits per heavy atom. The first-order valence-electron chi connectivity index (χ1n) is 7.01. The molecular formula is C17H15FN2O2. The molecular weight excluding hydrogens is 283 g/mol. The molecule has 0 radical (unpaired) electrons. The highest BCUT2D eigenvalue weighted by Gasteiger charge is 2.29. The Morgan fingerprint density at radius 1 is 1.14 bits per heavy atom. The molecule has 1 amide bonds. The number of ketones is 1. The molecule has 1 aliphatic rings. The number of fused-ring (bicyclic) bond motifs is 1. The van der Waals surface area contributed by atoms with E-state index < -0.39 is 5.92 Å². The van der Waals surface area contributed by atoms with E-state index in [1.807, 2.05) is 0 Å². The van der Waals surface area contributed by atoms with Gasteiger partial charge >= 0.3 is 0 Å². The zero-order valence-corrected chi connectivity index (χ0v) is 11.8. The molecule has 22 heavy (non-hydrogen) atoms. The number of hydrogen-bond donors (Lipinski definition) is 2. The van der Waals surface area contributed by atoms with Crippen LogP contribution in [0.5, 0.6) is 0 Å². The van der Waals surface area contributed by atoms with Crippen LogP contribution in [0.1, 0.15) is 22.3 Å². The fraction of sp³-hybridized carbons (Fsp3) is 0.176. The summed E-state index contributed by atoms with van der Waals surface area (Å²) in [5.41, 5.74) is 7.85. The van der Waals surface area contributed by atoms with Gasteiger partial charge in [-0.2, -0.15) is 0 Å². The van der Waals surface area contributed by atoms with Crippen LogP contribution in [0.3, 0.4) is 0 Å². The zero-order valence-electron chi connectivity index (χ0n) is 11.8. The van der Waals surface area contributed by atoms with Crippen LogP contribution in [-0.4, -0.2) is 11.7 Å². The van der Waals surface area contributed by atoms with Gasteiger partial charge in [-0.1, -0.05) is 18.2 Å². The molecule has 0 saturated heterocycles. The lowest BCUT2D eigenvalue weighted by Crippen LogP contribution is -2.24. The standard InChI is InChI=1S/C17H15FN2O2/c18-12-6-4-10(5-7-12)8-11-9-15(21)16-13(19)2-1-3-14(16)20-17(11)22/h1-7,11H,8-9,19H2,(H,20,22)/t11-/m1/s1. The second kappa shape index (κ2) is 5.60. The molecule has 5 heteroatoms. The average Bonchev–Trinajstić information content (AvgIpc) is 2.59. The number of nitrogens with two attached hydrogens (primary N) is 1. The van der Waals surface area contributed by atoms with Gasteiger partial charge in [0.2, 0.25) is 5.91 Å². The van der Waals surface area contributed by atoms with E-state index >= 15 is 0 Å². The topological polar surface area (TPSA) is 72.2 Å². The van der Waals surface area contributed by atoms with Gasteiger partial charge in [-0.15, -0.1) is 0 Å². The first kappa shape index (κ1) is 14.3. The number of Topliss-reactive ketones (excluding diaryl/α,β-unsaturated/α-hetero) is 1. The molecule has 4 nitrogen and oxygen atoms in total. The SMILES string of the molecule is Nc1cccc2c1C(=O)C[C@@H](Cc1ccc(F)cc1)C(=O)N2. The van der Waals surface area contributed by atoms with Crippen molar-refractivity contribution in [2.75, 3.05) is 11.1 Å². The second-order valence-corrected chi connectivity index (χ2v) is 5.41. The minimum atomic E-state index is -0.496. The first-order valence-corrected chi connectivity index (χ1v) is 7.01. The van der Waals surface area contributed by atoms with Gasteiger partial charge in [-0.3, -0.25) is 9.59 Å². The van der Waals surface area contributed by atoms with Crippen molar-refractivity contribution >= 4 is 23.1 Å². The van der Waals surface area contributed by atoms with Crippen molar-refractivity contribution in [3.63, 3.8) is 0 Å². The lowest BCUT2D eigenvalue weighted by atomic mass is 9.92. The fourth-order valence-electron chi connectivity index (χ4n) is 2.71. The summed E-state index contributed by atoms with van der Waals surface area (Å²) in [5.74, 6) is -1.20. The number of carbonyl (C=O) groups is 2. The molecule has 2 aromatic rings. The second-order valence-electron chi connectivity index (χ2n) is 5.41. The van der Waals surface area contributed by atoms with Crippen LogP contribution in [0.4, 0.5) is 15.8 Å². The number of amides is 1. The van der Waals surface area contributed by atoms with E-state index in [1.54, 1.807) is 30.3 Å². The van der Waals surface area contributed by atoms with Crippen molar-refractivity contribution in [3.05, 3.63) is 59.4 Å². The molecule has 1 heterocycles. The Hall–Kier alpha value is -2.69. The predicted octanol–water partition coefficient (Wildman–Crippen LogP) is 2.79. The summed E-state index contributed by atoms with van der Waals surface area (Å²) in [5, 5.41) is 2.76. The highest BCUT2D eigenvalue weighted by Crippen LogP contribution is 2.30. The maximum atomic E-state index is 12.9. The molecule has 1 atom stereocenters. The Labute approximate surface area is 127 Å². The van der Waals surface area contributed by atoms with E-state index in [0.717, 1.165) is 5.56 Å². The number of hydrogen-bond acceptors (Lipinski definition) is 3. The molecule has 0 unspecified atom stereocenters. The predicted molar refractivity (Wildman–Crippen MR) is 82.0 cm³/mol. The van der Waals surface area contributed by atoms with Gasteiger partial charge in [0.25, 0.3) is 0 Å². The fourth-order valence-corrected chi connectivity index (χ4v) is 2.71. The molecule has 0 saturated carbocycles. The summed E-state index contributed by atoms with van der Waals surface area (Å²) in [6.45, 7) is 0. The number of anilines is 2. The van der Waals surface area contributed by atoms with Gasteiger partial charge in [-0.05, 0) is 36.2 Å². The van der Waals surface area contributed by atoms with Crippen molar-refractivity contribution in [1.29, 1.82) is 0 Å². The normalized spacial score (nSPS) is 17.6. The van der Waals surface area contributed by atoms with E-state index in [0.29, 0.717) is 23.4 Å². The molecule has 112 valence electrons.